The number of piperazine rings is 1. The standard InChI is InChI=1S/C38H39N5O2S/c1-28-20-22-33(23-21-28)43-36(32-17-10-5-11-18-32)39-40-38(43)46-26-12-19-34(44)41-24-25-42(29(2)27-41)37(45)35(30-13-6-3-7-14-30)31-15-8-4-9-16-31/h3-11,13-18,20-23,29,35H,12,19,24-27H2,1-2H3. The quantitative estimate of drug-likeness (QED) is 0.123. The Hall–Kier alpha value is -4.69. The lowest BCUT2D eigenvalue weighted by molar-refractivity contribution is -0.142. The molecule has 1 aliphatic heterocycles. The van der Waals surface area contributed by atoms with Gasteiger partial charge in [-0.1, -0.05) is 120 Å². The van der Waals surface area contributed by atoms with Crippen LogP contribution in [0.15, 0.2) is 120 Å². The maximum absolute atomic E-state index is 14.0. The lowest BCUT2D eigenvalue weighted by Crippen LogP contribution is -2.56. The van der Waals surface area contributed by atoms with E-state index in [1.165, 1.54) is 5.56 Å². The topological polar surface area (TPSA) is 71.3 Å². The first-order chi connectivity index (χ1) is 22.5. The molecule has 2 heterocycles. The van der Waals surface area contributed by atoms with E-state index in [9.17, 15) is 9.59 Å². The third-order valence-electron chi connectivity index (χ3n) is 8.50. The van der Waals surface area contributed by atoms with Gasteiger partial charge in [0.05, 0.1) is 5.92 Å². The Bertz CT molecular complexity index is 1700. The molecule has 2 amide bonds. The van der Waals surface area contributed by atoms with Crippen molar-refractivity contribution in [1.29, 1.82) is 0 Å². The molecule has 0 N–H and O–H groups in total. The molecule has 8 heteroatoms. The van der Waals surface area contributed by atoms with Gasteiger partial charge < -0.3 is 9.80 Å². The largest absolute Gasteiger partial charge is 0.339 e. The van der Waals surface area contributed by atoms with Gasteiger partial charge in [0.1, 0.15) is 0 Å². The Kier molecular flexibility index (Phi) is 9.94. The van der Waals surface area contributed by atoms with Crippen molar-refractivity contribution >= 4 is 23.6 Å². The van der Waals surface area contributed by atoms with Crippen molar-refractivity contribution in [2.75, 3.05) is 25.4 Å². The summed E-state index contributed by atoms with van der Waals surface area (Å²) in [5.41, 5.74) is 5.17. The number of benzene rings is 4. The van der Waals surface area contributed by atoms with Gasteiger partial charge in [0, 0.05) is 49.1 Å². The van der Waals surface area contributed by atoms with Crippen molar-refractivity contribution in [1.82, 2.24) is 24.6 Å². The van der Waals surface area contributed by atoms with Gasteiger partial charge in [-0.15, -0.1) is 10.2 Å². The Labute approximate surface area is 275 Å². The van der Waals surface area contributed by atoms with Crippen LogP contribution < -0.4 is 0 Å². The minimum atomic E-state index is -0.367. The highest BCUT2D eigenvalue weighted by molar-refractivity contribution is 7.99. The molecule has 5 aromatic rings. The van der Waals surface area contributed by atoms with E-state index >= 15 is 0 Å². The average molecular weight is 630 g/mol. The van der Waals surface area contributed by atoms with E-state index in [0.29, 0.717) is 26.1 Å². The molecule has 1 saturated heterocycles. The van der Waals surface area contributed by atoms with Crippen LogP contribution in [0.25, 0.3) is 17.1 Å². The van der Waals surface area contributed by atoms with Crippen molar-refractivity contribution < 1.29 is 9.59 Å². The molecule has 7 nitrogen and oxygen atoms in total. The number of hydrogen-bond acceptors (Lipinski definition) is 5. The second-order valence-corrected chi connectivity index (χ2v) is 12.8. The first-order valence-electron chi connectivity index (χ1n) is 15.9. The van der Waals surface area contributed by atoms with Gasteiger partial charge in [0.25, 0.3) is 0 Å². The monoisotopic (exact) mass is 629 g/mol. The van der Waals surface area contributed by atoms with Crippen LogP contribution in [-0.4, -0.2) is 67.8 Å². The molecule has 1 unspecified atom stereocenters. The summed E-state index contributed by atoms with van der Waals surface area (Å²) in [6.07, 6.45) is 1.18. The molecule has 234 valence electrons. The third kappa shape index (κ3) is 7.07. The van der Waals surface area contributed by atoms with Gasteiger partial charge in [-0.2, -0.15) is 0 Å². The molecule has 1 atom stereocenters. The summed E-state index contributed by atoms with van der Waals surface area (Å²) in [5, 5.41) is 9.88. The fraction of sp³-hybridized carbons (Fsp3) is 0.263. The smallest absolute Gasteiger partial charge is 0.234 e. The van der Waals surface area contributed by atoms with Crippen LogP contribution >= 0.6 is 11.8 Å². The molecule has 0 spiro atoms. The fourth-order valence-electron chi connectivity index (χ4n) is 6.06. The van der Waals surface area contributed by atoms with Crippen LogP contribution in [0, 0.1) is 6.92 Å². The number of hydrogen-bond donors (Lipinski definition) is 0. The summed E-state index contributed by atoms with van der Waals surface area (Å²) < 4.78 is 2.09. The fourth-order valence-corrected chi connectivity index (χ4v) is 6.95. The van der Waals surface area contributed by atoms with Gasteiger partial charge in [-0.25, -0.2) is 0 Å². The van der Waals surface area contributed by atoms with E-state index in [2.05, 4.69) is 46.0 Å². The van der Waals surface area contributed by atoms with Crippen molar-refractivity contribution in [3.63, 3.8) is 0 Å². The van der Waals surface area contributed by atoms with Crippen LogP contribution in [-0.2, 0) is 9.59 Å². The van der Waals surface area contributed by atoms with E-state index in [1.54, 1.807) is 11.8 Å². The second kappa shape index (κ2) is 14.6. The predicted molar refractivity (Wildman–Crippen MR) is 184 cm³/mol. The SMILES string of the molecule is Cc1ccc(-n2c(SCCCC(=O)N3CCN(C(=O)C(c4ccccc4)c4ccccc4)C(C)C3)nnc2-c2ccccc2)cc1. The van der Waals surface area contributed by atoms with Gasteiger partial charge in [-0.05, 0) is 43.5 Å². The van der Waals surface area contributed by atoms with Crippen molar-refractivity contribution in [3.8, 4) is 17.1 Å². The molecule has 6 rings (SSSR count). The van der Waals surface area contributed by atoms with Gasteiger partial charge in [0.15, 0.2) is 11.0 Å². The van der Waals surface area contributed by atoms with Crippen LogP contribution in [0.3, 0.4) is 0 Å². The molecule has 0 aliphatic carbocycles. The highest BCUT2D eigenvalue weighted by atomic mass is 32.2. The molecular formula is C38H39N5O2S. The first-order valence-corrected chi connectivity index (χ1v) is 16.9. The summed E-state index contributed by atoms with van der Waals surface area (Å²) in [6, 6.07) is 38.3. The second-order valence-electron chi connectivity index (χ2n) is 11.8. The minimum Gasteiger partial charge on any atom is -0.339 e. The van der Waals surface area contributed by atoms with Crippen molar-refractivity contribution in [2.24, 2.45) is 0 Å². The number of nitrogens with zero attached hydrogens (tertiary/aromatic N) is 5. The predicted octanol–water partition coefficient (Wildman–Crippen LogP) is 7.01. The molecule has 0 bridgehead atoms. The van der Waals surface area contributed by atoms with Crippen LogP contribution in [0.4, 0.5) is 0 Å². The molecule has 1 aromatic heterocycles. The summed E-state index contributed by atoms with van der Waals surface area (Å²) in [6.45, 7) is 5.73. The van der Waals surface area contributed by atoms with E-state index in [0.717, 1.165) is 45.5 Å². The molecular weight excluding hydrogens is 591 g/mol. The number of carbonyl (C=O) groups excluding carboxylic acids is 2. The molecule has 0 saturated carbocycles. The summed E-state index contributed by atoms with van der Waals surface area (Å²) in [5.74, 6) is 1.39. The summed E-state index contributed by atoms with van der Waals surface area (Å²) >= 11 is 1.62. The summed E-state index contributed by atoms with van der Waals surface area (Å²) in [7, 11) is 0. The number of aromatic nitrogens is 3. The number of rotatable bonds is 10. The lowest BCUT2D eigenvalue weighted by atomic mass is 9.89. The Morgan fingerprint density at radius 1 is 0.804 bits per heavy atom. The maximum Gasteiger partial charge on any atom is 0.234 e. The zero-order chi connectivity index (χ0) is 31.9. The molecule has 46 heavy (non-hydrogen) atoms. The first kappa shape index (κ1) is 31.3. The van der Waals surface area contributed by atoms with E-state index in [-0.39, 0.29) is 23.8 Å². The van der Waals surface area contributed by atoms with E-state index < -0.39 is 0 Å². The number of carbonyl (C=O) groups is 2. The molecule has 1 fully saturated rings. The van der Waals surface area contributed by atoms with E-state index in [4.69, 9.17) is 0 Å². The molecule has 4 aromatic carbocycles. The lowest BCUT2D eigenvalue weighted by Gasteiger charge is -2.41. The number of aryl methyl sites for hydroxylation is 1. The normalized spacial score (nSPS) is 14.9. The number of thioether (sulfide) groups is 1. The van der Waals surface area contributed by atoms with Gasteiger partial charge in [-0.3, -0.25) is 14.2 Å². The molecule has 0 radical (unpaired) electrons. The van der Waals surface area contributed by atoms with Crippen molar-refractivity contribution in [3.05, 3.63) is 132 Å². The zero-order valence-corrected chi connectivity index (χ0v) is 27.1. The Morgan fingerprint density at radius 2 is 1.41 bits per heavy atom. The zero-order valence-electron chi connectivity index (χ0n) is 26.3. The molecule has 1 aliphatic rings. The average Bonchev–Trinajstić information content (AvgIpc) is 3.52. The van der Waals surface area contributed by atoms with Crippen LogP contribution in [0.1, 0.15) is 42.4 Å². The van der Waals surface area contributed by atoms with E-state index in [1.807, 2.05) is 108 Å². The van der Waals surface area contributed by atoms with Crippen LogP contribution in [0.5, 0.6) is 0 Å². The Balaban J connectivity index is 1.06. The number of amides is 2. The Morgan fingerprint density at radius 3 is 2.02 bits per heavy atom. The van der Waals surface area contributed by atoms with Crippen molar-refractivity contribution in [2.45, 2.75) is 43.8 Å². The third-order valence-corrected chi connectivity index (χ3v) is 9.51. The highest BCUT2D eigenvalue weighted by Crippen LogP contribution is 2.30. The van der Waals surface area contributed by atoms with Gasteiger partial charge >= 0.3 is 0 Å². The highest BCUT2D eigenvalue weighted by Gasteiger charge is 2.34. The minimum absolute atomic E-state index is 0.0704. The maximum atomic E-state index is 14.0. The van der Waals surface area contributed by atoms with Gasteiger partial charge in [0.2, 0.25) is 11.8 Å². The van der Waals surface area contributed by atoms with Crippen LogP contribution in [0.2, 0.25) is 0 Å². The summed E-state index contributed by atoms with van der Waals surface area (Å²) in [4.78, 5) is 31.1.